The van der Waals surface area contributed by atoms with Gasteiger partial charge in [0.1, 0.15) is 23.7 Å². The van der Waals surface area contributed by atoms with Crippen molar-refractivity contribution in [3.8, 4) is 5.75 Å². The summed E-state index contributed by atoms with van der Waals surface area (Å²) in [6, 6.07) is 11.2. The number of methoxy groups -OCH3 is 1. The molecule has 1 aromatic heterocycles. The highest BCUT2D eigenvalue weighted by molar-refractivity contribution is 6.30. The minimum Gasteiger partial charge on any atom is -0.494 e. The summed E-state index contributed by atoms with van der Waals surface area (Å²) < 4.78 is 20.0. The number of hydroxylamine groups is 1. The van der Waals surface area contributed by atoms with Gasteiger partial charge in [-0.1, -0.05) is 18.2 Å². The van der Waals surface area contributed by atoms with E-state index in [1.165, 1.54) is 50.5 Å². The van der Waals surface area contributed by atoms with E-state index < -0.39 is 5.82 Å². The smallest absolute Gasteiger partial charge is 0.247 e. The van der Waals surface area contributed by atoms with Crippen LogP contribution >= 0.6 is 11.6 Å². The number of carbonyl (C=O) groups is 1. The van der Waals surface area contributed by atoms with Gasteiger partial charge in [-0.2, -0.15) is 0 Å². The van der Waals surface area contributed by atoms with Crippen LogP contribution in [0.25, 0.3) is 0 Å². The third-order valence-corrected chi connectivity index (χ3v) is 10.0. The molecule has 48 heavy (non-hydrogen) atoms. The molecule has 254 valence electrons. The number of hydrogen-bond donors (Lipinski definition) is 2. The summed E-state index contributed by atoms with van der Waals surface area (Å²) in [6.07, 6.45) is 8.20. The Kier molecular flexibility index (Phi) is 9.67. The van der Waals surface area contributed by atoms with E-state index in [2.05, 4.69) is 41.9 Å². The molecule has 3 saturated heterocycles. The number of benzene rings is 2. The summed E-state index contributed by atoms with van der Waals surface area (Å²) >= 11 is 6.15. The summed E-state index contributed by atoms with van der Waals surface area (Å²) in [4.78, 5) is 35.0. The van der Waals surface area contributed by atoms with Crippen LogP contribution in [0.3, 0.4) is 0 Å². The van der Waals surface area contributed by atoms with Crippen LogP contribution in [0.1, 0.15) is 43.7 Å². The number of halogens is 2. The minimum atomic E-state index is -0.407. The Bertz CT molecular complexity index is 1620. The fourth-order valence-corrected chi connectivity index (χ4v) is 7.43. The fraction of sp³-hybridized carbons (Fsp3) is 0.457. The zero-order chi connectivity index (χ0) is 33.2. The SMILES string of the molecule is C=CC(=O)Nc1cc(Nc2cc(N3OCC[C@@H]3c3cc(F)cc(Cl)c3)ncn2)c(OC)cc1N1CCC(N2CCN(C3CC3)CC2)CC1. The molecule has 0 spiro atoms. The second kappa shape index (κ2) is 14.3. The van der Waals surface area contributed by atoms with E-state index in [0.717, 1.165) is 50.7 Å². The van der Waals surface area contributed by atoms with Gasteiger partial charge in [0.15, 0.2) is 5.82 Å². The van der Waals surface area contributed by atoms with Gasteiger partial charge in [-0.15, -0.1) is 0 Å². The van der Waals surface area contributed by atoms with Crippen molar-refractivity contribution in [3.05, 3.63) is 71.8 Å². The normalized spacial score (nSPS) is 20.9. The van der Waals surface area contributed by atoms with E-state index in [-0.39, 0.29) is 11.9 Å². The number of anilines is 5. The van der Waals surface area contributed by atoms with Crippen molar-refractivity contribution in [1.29, 1.82) is 0 Å². The number of hydrogen-bond acceptors (Lipinski definition) is 10. The van der Waals surface area contributed by atoms with Crippen molar-refractivity contribution >= 4 is 46.2 Å². The lowest BCUT2D eigenvalue weighted by molar-refractivity contribution is -0.111. The second-order valence-corrected chi connectivity index (χ2v) is 13.3. The Morgan fingerprint density at radius 1 is 0.958 bits per heavy atom. The lowest BCUT2D eigenvalue weighted by atomic mass is 10.0. The molecule has 4 heterocycles. The number of piperidine rings is 1. The van der Waals surface area contributed by atoms with Crippen molar-refractivity contribution < 1.29 is 18.8 Å². The van der Waals surface area contributed by atoms with Gasteiger partial charge in [0.05, 0.1) is 36.8 Å². The van der Waals surface area contributed by atoms with Crippen LogP contribution in [0, 0.1) is 5.82 Å². The first-order valence-corrected chi connectivity index (χ1v) is 17.1. The lowest BCUT2D eigenvalue weighted by Crippen LogP contribution is -2.53. The number of amides is 1. The van der Waals surface area contributed by atoms with Crippen LogP contribution < -0.4 is 25.3 Å². The largest absolute Gasteiger partial charge is 0.494 e. The first-order valence-electron chi connectivity index (χ1n) is 16.7. The van der Waals surface area contributed by atoms with Crippen molar-refractivity contribution in [1.82, 2.24) is 19.8 Å². The topological polar surface area (TPSA) is 98.3 Å². The first-order chi connectivity index (χ1) is 23.4. The lowest BCUT2D eigenvalue weighted by Gasteiger charge is -2.43. The standard InChI is InChI=1S/C35H42ClFN8O3/c1-3-35(46)41-28-19-29(40-33-21-34(39-22-38-33)45-30(8-15-48-45)23-16-24(36)18-25(37)17-23)32(47-2)20-31(28)44-9-6-27(7-10-44)43-13-11-42(12-14-43)26-4-5-26/h3,16-22,26-27,30H,1,4-15H2,2H3,(H,41,46)(H,38,39,40)/t30-/m1/s1. The zero-order valence-corrected chi connectivity index (χ0v) is 28.0. The van der Waals surface area contributed by atoms with Gasteiger partial charge in [0.2, 0.25) is 5.91 Å². The Balaban J connectivity index is 1.08. The van der Waals surface area contributed by atoms with Gasteiger partial charge >= 0.3 is 0 Å². The molecule has 11 nitrogen and oxygen atoms in total. The van der Waals surface area contributed by atoms with Crippen molar-refractivity contribution in [2.24, 2.45) is 0 Å². The number of nitrogens with zero attached hydrogens (tertiary/aromatic N) is 6. The maximum absolute atomic E-state index is 14.2. The number of rotatable bonds is 10. The van der Waals surface area contributed by atoms with E-state index in [1.54, 1.807) is 24.3 Å². The van der Waals surface area contributed by atoms with Gasteiger partial charge in [0, 0.05) is 74.9 Å². The van der Waals surface area contributed by atoms with E-state index >= 15 is 0 Å². The van der Waals surface area contributed by atoms with Gasteiger partial charge in [-0.3, -0.25) is 19.4 Å². The zero-order valence-electron chi connectivity index (χ0n) is 27.2. The Labute approximate surface area is 285 Å². The van der Waals surface area contributed by atoms with Gasteiger partial charge in [-0.05, 0) is 61.6 Å². The van der Waals surface area contributed by atoms with Gasteiger partial charge < -0.3 is 20.3 Å². The van der Waals surface area contributed by atoms with Crippen molar-refractivity contribution in [2.75, 3.05) is 73.6 Å². The highest BCUT2D eigenvalue weighted by Gasteiger charge is 2.34. The number of ether oxygens (including phenoxy) is 1. The third-order valence-electron chi connectivity index (χ3n) is 9.81. The van der Waals surface area contributed by atoms with E-state index in [9.17, 15) is 9.18 Å². The van der Waals surface area contributed by atoms with Crippen molar-refractivity contribution in [3.63, 3.8) is 0 Å². The van der Waals surface area contributed by atoms with Crippen LogP contribution in [-0.2, 0) is 9.63 Å². The summed E-state index contributed by atoms with van der Waals surface area (Å²) in [7, 11) is 1.62. The molecule has 4 aliphatic rings. The van der Waals surface area contributed by atoms with Gasteiger partial charge in [-0.25, -0.2) is 19.4 Å². The molecule has 3 aliphatic heterocycles. The number of nitrogens with one attached hydrogen (secondary N) is 2. The summed E-state index contributed by atoms with van der Waals surface area (Å²) in [5.41, 5.74) is 2.87. The third kappa shape index (κ3) is 7.21. The second-order valence-electron chi connectivity index (χ2n) is 12.8. The molecule has 13 heteroatoms. The van der Waals surface area contributed by atoms with Crippen LogP contribution in [0.4, 0.5) is 33.1 Å². The van der Waals surface area contributed by atoms with E-state index in [1.807, 2.05) is 12.1 Å². The highest BCUT2D eigenvalue weighted by atomic mass is 35.5. The minimum absolute atomic E-state index is 0.271. The molecule has 1 aliphatic carbocycles. The maximum Gasteiger partial charge on any atom is 0.247 e. The molecule has 3 aromatic rings. The van der Waals surface area contributed by atoms with Crippen LogP contribution in [-0.4, -0.2) is 90.7 Å². The average Bonchev–Trinajstić information content (AvgIpc) is 3.83. The van der Waals surface area contributed by atoms with Crippen LogP contribution in [0.5, 0.6) is 5.75 Å². The molecule has 2 aromatic carbocycles. The molecule has 1 saturated carbocycles. The molecular weight excluding hydrogens is 635 g/mol. The molecule has 1 amide bonds. The molecule has 4 fully saturated rings. The summed E-state index contributed by atoms with van der Waals surface area (Å²) in [5, 5.41) is 8.33. The van der Waals surface area contributed by atoms with Crippen molar-refractivity contribution in [2.45, 2.75) is 50.2 Å². The van der Waals surface area contributed by atoms with E-state index in [0.29, 0.717) is 58.4 Å². The Morgan fingerprint density at radius 2 is 1.69 bits per heavy atom. The molecule has 1 atom stereocenters. The number of carbonyl (C=O) groups excluding carboxylic acids is 1. The van der Waals surface area contributed by atoms with Gasteiger partial charge in [0.25, 0.3) is 0 Å². The summed E-state index contributed by atoms with van der Waals surface area (Å²) in [5.74, 6) is 0.888. The predicted molar refractivity (Wildman–Crippen MR) is 186 cm³/mol. The molecule has 0 unspecified atom stereocenters. The maximum atomic E-state index is 14.2. The molecule has 2 N–H and O–H groups in total. The first kappa shape index (κ1) is 32.6. The monoisotopic (exact) mass is 676 g/mol. The Hall–Kier alpha value is -3.97. The highest BCUT2D eigenvalue weighted by Crippen LogP contribution is 2.41. The number of aromatic nitrogens is 2. The molecular formula is C35H42ClFN8O3. The summed E-state index contributed by atoms with van der Waals surface area (Å²) in [6.45, 7) is 10.5. The van der Waals surface area contributed by atoms with E-state index in [4.69, 9.17) is 21.2 Å². The quantitative estimate of drug-likeness (QED) is 0.257. The van der Waals surface area contributed by atoms with Crippen LogP contribution in [0.2, 0.25) is 5.02 Å². The van der Waals surface area contributed by atoms with Crippen LogP contribution in [0.15, 0.2) is 55.4 Å². The molecule has 7 rings (SSSR count). The average molecular weight is 677 g/mol. The fourth-order valence-electron chi connectivity index (χ4n) is 7.20. The number of piperazine rings is 1. The molecule has 0 radical (unpaired) electrons. The molecule has 0 bridgehead atoms. The predicted octanol–water partition coefficient (Wildman–Crippen LogP) is 5.78. The Morgan fingerprint density at radius 3 is 2.35 bits per heavy atom.